The first-order chi connectivity index (χ1) is 9.21. The summed E-state index contributed by atoms with van der Waals surface area (Å²) in [5, 5.41) is 0. The van der Waals surface area contributed by atoms with Crippen LogP contribution in [0, 0.1) is 0 Å². The monoisotopic (exact) mass is 256 g/mol. The van der Waals surface area contributed by atoms with Gasteiger partial charge in [0.15, 0.2) is 0 Å². The number of hydrogen-bond donors (Lipinski definition) is 0. The quantitative estimate of drug-likeness (QED) is 0.617. The lowest BCUT2D eigenvalue weighted by molar-refractivity contribution is 0.414. The van der Waals surface area contributed by atoms with E-state index in [1.807, 2.05) is 18.2 Å². The van der Waals surface area contributed by atoms with Crippen LogP contribution < -0.4 is 4.74 Å². The highest BCUT2D eigenvalue weighted by molar-refractivity contribution is 5.32. The number of rotatable bonds is 7. The molecule has 0 spiro atoms. The van der Waals surface area contributed by atoms with Crippen molar-refractivity contribution in [2.24, 2.45) is 0 Å². The predicted octanol–water partition coefficient (Wildman–Crippen LogP) is 5.10. The number of methoxy groups -OCH3 is 1. The normalized spacial score (nSPS) is 12.4. The first-order valence-electron chi connectivity index (χ1n) is 6.79. The predicted molar refractivity (Wildman–Crippen MR) is 83.6 cm³/mol. The van der Waals surface area contributed by atoms with E-state index in [4.69, 9.17) is 4.74 Å². The number of aryl methyl sites for hydroxylation is 1. The van der Waals surface area contributed by atoms with Crippen molar-refractivity contribution >= 4 is 0 Å². The molecular formula is C18H24O. The van der Waals surface area contributed by atoms with Gasteiger partial charge in [0.05, 0.1) is 7.11 Å². The number of benzene rings is 1. The summed E-state index contributed by atoms with van der Waals surface area (Å²) in [6.07, 6.45) is 9.47. The van der Waals surface area contributed by atoms with Crippen molar-refractivity contribution in [2.45, 2.75) is 33.1 Å². The van der Waals surface area contributed by atoms with Crippen LogP contribution in [0.2, 0.25) is 0 Å². The minimum atomic E-state index is 0.917. The van der Waals surface area contributed by atoms with Crippen LogP contribution in [-0.2, 0) is 6.42 Å². The van der Waals surface area contributed by atoms with Crippen molar-refractivity contribution < 1.29 is 4.74 Å². The summed E-state index contributed by atoms with van der Waals surface area (Å²) < 4.78 is 5.16. The Morgan fingerprint density at radius 2 is 1.95 bits per heavy atom. The van der Waals surface area contributed by atoms with Gasteiger partial charge < -0.3 is 4.74 Å². The Morgan fingerprint density at radius 1 is 1.26 bits per heavy atom. The van der Waals surface area contributed by atoms with Gasteiger partial charge in [-0.25, -0.2) is 0 Å². The van der Waals surface area contributed by atoms with E-state index in [0.717, 1.165) is 25.0 Å². The smallest absolute Gasteiger partial charge is 0.118 e. The van der Waals surface area contributed by atoms with Gasteiger partial charge in [0, 0.05) is 0 Å². The molecular weight excluding hydrogens is 232 g/mol. The van der Waals surface area contributed by atoms with Crippen LogP contribution in [0.25, 0.3) is 0 Å². The Kier molecular flexibility index (Phi) is 6.73. The van der Waals surface area contributed by atoms with Crippen molar-refractivity contribution in [3.8, 4) is 5.75 Å². The molecule has 1 aromatic rings. The second-order valence-electron chi connectivity index (χ2n) is 4.60. The average molecular weight is 256 g/mol. The number of allylic oxidation sites excluding steroid dienone is 5. The fourth-order valence-corrected chi connectivity index (χ4v) is 2.01. The van der Waals surface area contributed by atoms with Gasteiger partial charge in [-0.3, -0.25) is 0 Å². The van der Waals surface area contributed by atoms with Crippen molar-refractivity contribution in [1.29, 1.82) is 0 Å². The molecule has 19 heavy (non-hydrogen) atoms. The SMILES string of the molecule is C=C/C=C(CCCc1ccc(OC)cc1)\C(C)=C/C. The zero-order valence-corrected chi connectivity index (χ0v) is 12.3. The van der Waals surface area contributed by atoms with Gasteiger partial charge in [-0.2, -0.15) is 0 Å². The zero-order valence-electron chi connectivity index (χ0n) is 12.3. The fourth-order valence-electron chi connectivity index (χ4n) is 2.01. The Morgan fingerprint density at radius 3 is 2.47 bits per heavy atom. The van der Waals surface area contributed by atoms with E-state index < -0.39 is 0 Å². The molecule has 0 aliphatic rings. The molecule has 0 fully saturated rings. The van der Waals surface area contributed by atoms with Crippen molar-refractivity contribution in [3.05, 3.63) is 65.8 Å². The van der Waals surface area contributed by atoms with Crippen LogP contribution in [0.15, 0.2) is 60.2 Å². The molecule has 0 N–H and O–H groups in total. The topological polar surface area (TPSA) is 9.23 Å². The van der Waals surface area contributed by atoms with Gasteiger partial charge >= 0.3 is 0 Å². The molecule has 0 aliphatic heterocycles. The summed E-state index contributed by atoms with van der Waals surface area (Å²) in [4.78, 5) is 0. The van der Waals surface area contributed by atoms with Crippen LogP contribution in [0.5, 0.6) is 5.75 Å². The molecule has 1 heteroatoms. The van der Waals surface area contributed by atoms with E-state index in [2.05, 4.69) is 44.7 Å². The van der Waals surface area contributed by atoms with Gasteiger partial charge in [0.25, 0.3) is 0 Å². The van der Waals surface area contributed by atoms with Crippen LogP contribution in [0.1, 0.15) is 32.3 Å². The highest BCUT2D eigenvalue weighted by atomic mass is 16.5. The Bertz CT molecular complexity index is 449. The fraction of sp³-hybridized carbons (Fsp3) is 0.333. The Balaban J connectivity index is 2.52. The largest absolute Gasteiger partial charge is 0.497 e. The summed E-state index contributed by atoms with van der Waals surface area (Å²) in [6.45, 7) is 8.02. The molecule has 1 aromatic carbocycles. The molecule has 0 heterocycles. The van der Waals surface area contributed by atoms with Crippen LogP contribution in [0.4, 0.5) is 0 Å². The van der Waals surface area contributed by atoms with E-state index in [-0.39, 0.29) is 0 Å². The second kappa shape index (κ2) is 8.36. The molecule has 0 radical (unpaired) electrons. The maximum absolute atomic E-state index is 5.16. The van der Waals surface area contributed by atoms with Crippen LogP contribution >= 0.6 is 0 Å². The van der Waals surface area contributed by atoms with E-state index in [1.54, 1.807) is 7.11 Å². The lowest BCUT2D eigenvalue weighted by Crippen LogP contribution is -1.91. The molecule has 102 valence electrons. The van der Waals surface area contributed by atoms with Crippen molar-refractivity contribution in [3.63, 3.8) is 0 Å². The zero-order chi connectivity index (χ0) is 14.1. The third-order valence-electron chi connectivity index (χ3n) is 3.33. The van der Waals surface area contributed by atoms with Gasteiger partial charge in [-0.1, -0.05) is 42.5 Å². The minimum absolute atomic E-state index is 0.917. The maximum Gasteiger partial charge on any atom is 0.118 e. The second-order valence-corrected chi connectivity index (χ2v) is 4.60. The van der Waals surface area contributed by atoms with E-state index >= 15 is 0 Å². The molecule has 0 aromatic heterocycles. The molecule has 0 atom stereocenters. The standard InChI is InChI=1S/C18H24O/c1-5-8-17(15(3)6-2)10-7-9-16-11-13-18(19-4)14-12-16/h5-6,8,11-14H,1,7,9-10H2,2-4H3/b15-6-,17-8-. The highest BCUT2D eigenvalue weighted by Crippen LogP contribution is 2.19. The Hall–Kier alpha value is -1.76. The first kappa shape index (κ1) is 15.3. The summed E-state index contributed by atoms with van der Waals surface area (Å²) in [6, 6.07) is 8.32. The Labute approximate surface area is 117 Å². The maximum atomic E-state index is 5.16. The summed E-state index contributed by atoms with van der Waals surface area (Å²) in [7, 11) is 1.70. The summed E-state index contributed by atoms with van der Waals surface area (Å²) in [5.41, 5.74) is 4.08. The highest BCUT2D eigenvalue weighted by Gasteiger charge is 2.00. The molecule has 0 aliphatic carbocycles. The molecule has 0 bridgehead atoms. The lowest BCUT2D eigenvalue weighted by Gasteiger charge is -2.08. The van der Waals surface area contributed by atoms with E-state index in [1.165, 1.54) is 16.7 Å². The molecule has 0 saturated carbocycles. The number of ether oxygens (including phenoxy) is 1. The van der Waals surface area contributed by atoms with Gasteiger partial charge in [-0.05, 0) is 56.4 Å². The minimum Gasteiger partial charge on any atom is -0.497 e. The summed E-state index contributed by atoms with van der Waals surface area (Å²) >= 11 is 0. The van der Waals surface area contributed by atoms with Gasteiger partial charge in [0.2, 0.25) is 0 Å². The lowest BCUT2D eigenvalue weighted by atomic mass is 9.99. The first-order valence-corrected chi connectivity index (χ1v) is 6.79. The summed E-state index contributed by atoms with van der Waals surface area (Å²) in [5.74, 6) is 0.917. The van der Waals surface area contributed by atoms with Gasteiger partial charge in [-0.15, -0.1) is 0 Å². The van der Waals surface area contributed by atoms with Crippen LogP contribution in [-0.4, -0.2) is 7.11 Å². The molecule has 0 amide bonds. The third-order valence-corrected chi connectivity index (χ3v) is 3.33. The van der Waals surface area contributed by atoms with Crippen molar-refractivity contribution in [2.75, 3.05) is 7.11 Å². The van der Waals surface area contributed by atoms with E-state index in [9.17, 15) is 0 Å². The van der Waals surface area contributed by atoms with Gasteiger partial charge in [0.1, 0.15) is 5.75 Å². The van der Waals surface area contributed by atoms with Crippen molar-refractivity contribution in [1.82, 2.24) is 0 Å². The van der Waals surface area contributed by atoms with E-state index in [0.29, 0.717) is 0 Å². The molecule has 0 unspecified atom stereocenters. The molecule has 1 nitrogen and oxygen atoms in total. The molecule has 0 saturated heterocycles. The molecule has 1 rings (SSSR count). The van der Waals surface area contributed by atoms with Crippen LogP contribution in [0.3, 0.4) is 0 Å². The number of hydrogen-bond acceptors (Lipinski definition) is 1. The third kappa shape index (κ3) is 5.17. The average Bonchev–Trinajstić information content (AvgIpc) is 2.46.